The highest BCUT2D eigenvalue weighted by Gasteiger charge is 2.02. The molecule has 0 atom stereocenters. The highest BCUT2D eigenvalue weighted by Crippen LogP contribution is 2.09. The molecular formula is C15H18N2O2. The largest absolute Gasteiger partial charge is 0.465 e. The van der Waals surface area contributed by atoms with E-state index >= 15 is 0 Å². The van der Waals surface area contributed by atoms with Gasteiger partial charge in [-0.2, -0.15) is 0 Å². The van der Waals surface area contributed by atoms with Gasteiger partial charge in [0.15, 0.2) is 0 Å². The van der Waals surface area contributed by atoms with Crippen LogP contribution in [-0.2, 0) is 19.5 Å². The molecule has 0 unspecified atom stereocenters. The third-order valence-corrected chi connectivity index (χ3v) is 2.91. The summed E-state index contributed by atoms with van der Waals surface area (Å²) in [5, 5.41) is 3.28. The van der Waals surface area contributed by atoms with E-state index in [2.05, 4.69) is 12.2 Å². The SMILES string of the molecule is CCc1ccc(CNCc2cccc(C(N)=O)c2)o1. The molecule has 0 saturated heterocycles. The van der Waals surface area contributed by atoms with E-state index in [1.165, 1.54) is 0 Å². The maximum absolute atomic E-state index is 11.1. The fourth-order valence-corrected chi connectivity index (χ4v) is 1.87. The minimum absolute atomic E-state index is 0.402. The van der Waals surface area contributed by atoms with Gasteiger partial charge in [0, 0.05) is 18.5 Å². The summed E-state index contributed by atoms with van der Waals surface area (Å²) in [6, 6.07) is 11.3. The van der Waals surface area contributed by atoms with Crippen LogP contribution in [0.25, 0.3) is 0 Å². The first-order valence-electron chi connectivity index (χ1n) is 6.36. The van der Waals surface area contributed by atoms with Gasteiger partial charge in [-0.3, -0.25) is 4.79 Å². The second-order valence-electron chi connectivity index (χ2n) is 4.39. The fraction of sp³-hybridized carbons (Fsp3) is 0.267. The first kappa shape index (κ1) is 13.4. The molecule has 0 radical (unpaired) electrons. The minimum atomic E-state index is -0.402. The second kappa shape index (κ2) is 6.20. The van der Waals surface area contributed by atoms with Crippen molar-refractivity contribution in [3.8, 4) is 0 Å². The van der Waals surface area contributed by atoms with Crippen LogP contribution >= 0.6 is 0 Å². The van der Waals surface area contributed by atoms with Crippen molar-refractivity contribution >= 4 is 5.91 Å². The third kappa shape index (κ3) is 3.69. The van der Waals surface area contributed by atoms with E-state index in [9.17, 15) is 4.79 Å². The summed E-state index contributed by atoms with van der Waals surface area (Å²) in [5.41, 5.74) is 6.81. The van der Waals surface area contributed by atoms with Crippen LogP contribution in [0.1, 0.15) is 34.4 Å². The van der Waals surface area contributed by atoms with Crippen LogP contribution < -0.4 is 11.1 Å². The van der Waals surface area contributed by atoms with E-state index in [4.69, 9.17) is 10.2 Å². The smallest absolute Gasteiger partial charge is 0.248 e. The molecule has 4 nitrogen and oxygen atoms in total. The van der Waals surface area contributed by atoms with Crippen LogP contribution in [0.2, 0.25) is 0 Å². The monoisotopic (exact) mass is 258 g/mol. The number of nitrogens with two attached hydrogens (primary N) is 1. The molecule has 3 N–H and O–H groups in total. The summed E-state index contributed by atoms with van der Waals surface area (Å²) in [5.74, 6) is 1.51. The molecule has 4 heteroatoms. The summed E-state index contributed by atoms with van der Waals surface area (Å²) in [7, 11) is 0. The molecule has 0 aliphatic carbocycles. The summed E-state index contributed by atoms with van der Waals surface area (Å²) in [6.07, 6.45) is 0.903. The minimum Gasteiger partial charge on any atom is -0.465 e. The Morgan fingerprint density at radius 1 is 1.21 bits per heavy atom. The molecule has 0 aliphatic rings. The lowest BCUT2D eigenvalue weighted by Crippen LogP contribution is -2.14. The van der Waals surface area contributed by atoms with Crippen LogP contribution in [0.3, 0.4) is 0 Å². The number of nitrogens with one attached hydrogen (secondary N) is 1. The Morgan fingerprint density at radius 3 is 2.68 bits per heavy atom. The number of aryl methyl sites for hydroxylation is 1. The Balaban J connectivity index is 1.88. The van der Waals surface area contributed by atoms with Gasteiger partial charge >= 0.3 is 0 Å². The molecule has 0 spiro atoms. The number of benzene rings is 1. The average Bonchev–Trinajstić information content (AvgIpc) is 2.87. The number of hydrogen-bond donors (Lipinski definition) is 2. The van der Waals surface area contributed by atoms with Crippen LogP contribution in [0.15, 0.2) is 40.8 Å². The Labute approximate surface area is 112 Å². The molecule has 0 bridgehead atoms. The van der Waals surface area contributed by atoms with E-state index in [1.807, 2.05) is 24.3 Å². The van der Waals surface area contributed by atoms with Crippen molar-refractivity contribution in [2.45, 2.75) is 26.4 Å². The molecule has 1 aromatic heterocycles. The maximum atomic E-state index is 11.1. The number of carbonyl (C=O) groups is 1. The maximum Gasteiger partial charge on any atom is 0.248 e. The summed E-state index contributed by atoms with van der Waals surface area (Å²) in [4.78, 5) is 11.1. The third-order valence-electron chi connectivity index (χ3n) is 2.91. The van der Waals surface area contributed by atoms with E-state index in [-0.39, 0.29) is 0 Å². The van der Waals surface area contributed by atoms with Crippen molar-refractivity contribution in [1.29, 1.82) is 0 Å². The molecule has 19 heavy (non-hydrogen) atoms. The van der Waals surface area contributed by atoms with Crippen molar-refractivity contribution in [3.05, 3.63) is 59.0 Å². The Bertz CT molecular complexity index is 561. The molecular weight excluding hydrogens is 240 g/mol. The molecule has 1 heterocycles. The Hall–Kier alpha value is -2.07. The van der Waals surface area contributed by atoms with Crippen LogP contribution in [0.4, 0.5) is 0 Å². The van der Waals surface area contributed by atoms with E-state index in [0.29, 0.717) is 18.7 Å². The van der Waals surface area contributed by atoms with Crippen molar-refractivity contribution in [2.24, 2.45) is 5.73 Å². The van der Waals surface area contributed by atoms with E-state index in [1.54, 1.807) is 12.1 Å². The van der Waals surface area contributed by atoms with Crippen LogP contribution in [0, 0.1) is 0 Å². The number of carbonyl (C=O) groups excluding carboxylic acids is 1. The standard InChI is InChI=1S/C15H18N2O2/c1-2-13-6-7-14(19-13)10-17-9-11-4-3-5-12(8-11)15(16)18/h3-8,17H,2,9-10H2,1H3,(H2,16,18). The number of hydrogen-bond acceptors (Lipinski definition) is 3. The lowest BCUT2D eigenvalue weighted by Gasteiger charge is -2.04. The van der Waals surface area contributed by atoms with Gasteiger partial charge in [0.2, 0.25) is 5.91 Å². The normalized spacial score (nSPS) is 10.6. The van der Waals surface area contributed by atoms with Gasteiger partial charge in [-0.15, -0.1) is 0 Å². The predicted molar refractivity (Wildman–Crippen MR) is 73.6 cm³/mol. The van der Waals surface area contributed by atoms with Gasteiger partial charge in [0.05, 0.1) is 6.54 Å². The topological polar surface area (TPSA) is 68.3 Å². The summed E-state index contributed by atoms with van der Waals surface area (Å²) >= 11 is 0. The first-order chi connectivity index (χ1) is 9.19. The molecule has 0 aliphatic heterocycles. The fourth-order valence-electron chi connectivity index (χ4n) is 1.87. The number of primary amides is 1. The van der Waals surface area contributed by atoms with Gasteiger partial charge in [-0.1, -0.05) is 19.1 Å². The molecule has 2 aromatic rings. The van der Waals surface area contributed by atoms with Gasteiger partial charge < -0.3 is 15.5 Å². The highest BCUT2D eigenvalue weighted by atomic mass is 16.3. The van der Waals surface area contributed by atoms with Gasteiger partial charge in [-0.25, -0.2) is 0 Å². The lowest BCUT2D eigenvalue weighted by molar-refractivity contribution is 0.1000. The molecule has 0 fully saturated rings. The summed E-state index contributed by atoms with van der Waals surface area (Å²) < 4.78 is 5.60. The van der Waals surface area contributed by atoms with Gasteiger partial charge in [0.25, 0.3) is 0 Å². The molecule has 2 rings (SSSR count). The van der Waals surface area contributed by atoms with Gasteiger partial charge in [-0.05, 0) is 29.8 Å². The zero-order valence-corrected chi connectivity index (χ0v) is 11.0. The predicted octanol–water partition coefficient (Wildman–Crippen LogP) is 2.23. The second-order valence-corrected chi connectivity index (χ2v) is 4.39. The number of amides is 1. The quantitative estimate of drug-likeness (QED) is 0.834. The zero-order valence-electron chi connectivity index (χ0n) is 11.0. The highest BCUT2D eigenvalue weighted by molar-refractivity contribution is 5.92. The van der Waals surface area contributed by atoms with Gasteiger partial charge in [0.1, 0.15) is 11.5 Å². The van der Waals surface area contributed by atoms with Crippen LogP contribution in [-0.4, -0.2) is 5.91 Å². The van der Waals surface area contributed by atoms with E-state index < -0.39 is 5.91 Å². The van der Waals surface area contributed by atoms with Crippen molar-refractivity contribution in [2.75, 3.05) is 0 Å². The van der Waals surface area contributed by atoms with Crippen molar-refractivity contribution in [3.63, 3.8) is 0 Å². The first-order valence-corrected chi connectivity index (χ1v) is 6.36. The molecule has 1 aromatic carbocycles. The van der Waals surface area contributed by atoms with E-state index in [0.717, 1.165) is 23.5 Å². The summed E-state index contributed by atoms with van der Waals surface area (Å²) in [6.45, 7) is 3.40. The Kier molecular flexibility index (Phi) is 4.36. The molecule has 100 valence electrons. The van der Waals surface area contributed by atoms with Crippen LogP contribution in [0.5, 0.6) is 0 Å². The zero-order chi connectivity index (χ0) is 13.7. The Morgan fingerprint density at radius 2 is 2.00 bits per heavy atom. The van der Waals surface area contributed by atoms with Crippen molar-refractivity contribution < 1.29 is 9.21 Å². The van der Waals surface area contributed by atoms with Crippen molar-refractivity contribution in [1.82, 2.24) is 5.32 Å². The average molecular weight is 258 g/mol. The molecule has 0 saturated carbocycles. The number of rotatable bonds is 6. The number of furan rings is 1. The molecule has 1 amide bonds. The lowest BCUT2D eigenvalue weighted by atomic mass is 10.1.